The fourth-order valence-electron chi connectivity index (χ4n) is 3.01. The first-order valence-corrected chi connectivity index (χ1v) is 7.33. The number of likely N-dealkylation sites (N-methyl/N-ethyl adjacent to an activating group) is 1. The van der Waals surface area contributed by atoms with Gasteiger partial charge in [0.2, 0.25) is 5.91 Å². The zero-order valence-electron chi connectivity index (χ0n) is 13.0. The lowest BCUT2D eigenvalue weighted by Gasteiger charge is -2.27. The number of hydrogen-bond acceptors (Lipinski definition) is 4. The molecule has 0 aliphatic carbocycles. The quantitative estimate of drug-likeness (QED) is 0.833. The van der Waals surface area contributed by atoms with E-state index < -0.39 is 5.91 Å². The number of likely N-dealkylation sites (tertiary alicyclic amines) is 1. The highest BCUT2D eigenvalue weighted by molar-refractivity contribution is 5.93. The Kier molecular flexibility index (Phi) is 4.98. The predicted molar refractivity (Wildman–Crippen MR) is 83.1 cm³/mol. The van der Waals surface area contributed by atoms with Crippen LogP contribution in [-0.2, 0) is 6.54 Å². The first-order chi connectivity index (χ1) is 9.86. The molecule has 1 amide bonds. The molecule has 1 aromatic rings. The third-order valence-electron chi connectivity index (χ3n) is 4.08. The highest BCUT2D eigenvalue weighted by Crippen LogP contribution is 2.22. The van der Waals surface area contributed by atoms with Gasteiger partial charge < -0.3 is 15.7 Å². The second kappa shape index (κ2) is 6.56. The Hall–Kier alpha value is -1.43. The van der Waals surface area contributed by atoms with Crippen LogP contribution < -0.4 is 5.73 Å². The molecule has 5 heteroatoms. The average molecular weight is 291 g/mol. The Labute approximate surface area is 126 Å². The van der Waals surface area contributed by atoms with Gasteiger partial charge in [0, 0.05) is 31.2 Å². The third kappa shape index (κ3) is 4.03. The molecular weight excluding hydrogens is 266 g/mol. The summed E-state index contributed by atoms with van der Waals surface area (Å²) in [6.45, 7) is 4.43. The van der Waals surface area contributed by atoms with E-state index in [1.807, 2.05) is 19.1 Å². The van der Waals surface area contributed by atoms with Gasteiger partial charge in [-0.25, -0.2) is 0 Å². The number of rotatable bonds is 5. The number of benzene rings is 1. The average Bonchev–Trinajstić information content (AvgIpc) is 2.70. The Morgan fingerprint density at radius 3 is 2.76 bits per heavy atom. The van der Waals surface area contributed by atoms with Crippen LogP contribution in [0.4, 0.5) is 0 Å². The normalized spacial score (nSPS) is 22.9. The molecule has 1 aromatic carbocycles. The number of nitrogens with zero attached hydrogens (tertiary/aromatic N) is 2. The minimum atomic E-state index is -0.397. The zero-order valence-corrected chi connectivity index (χ0v) is 13.0. The van der Waals surface area contributed by atoms with Gasteiger partial charge in [-0.2, -0.15) is 0 Å². The number of aryl methyl sites for hydroxylation is 1. The van der Waals surface area contributed by atoms with Gasteiger partial charge in [0.25, 0.3) is 0 Å². The minimum Gasteiger partial charge on any atom is -0.392 e. The minimum absolute atomic E-state index is 0.250. The fourth-order valence-corrected chi connectivity index (χ4v) is 3.01. The molecule has 2 unspecified atom stereocenters. The smallest absolute Gasteiger partial charge is 0.248 e. The maximum Gasteiger partial charge on any atom is 0.248 e. The Bertz CT molecular complexity index is 516. The number of carbonyl (C=O) groups excluding carboxylic acids is 1. The van der Waals surface area contributed by atoms with Crippen LogP contribution in [0.1, 0.15) is 27.9 Å². The molecule has 2 rings (SSSR count). The molecule has 0 spiro atoms. The van der Waals surface area contributed by atoms with Crippen molar-refractivity contribution in [3.63, 3.8) is 0 Å². The van der Waals surface area contributed by atoms with E-state index in [2.05, 4.69) is 23.9 Å². The van der Waals surface area contributed by atoms with E-state index in [0.29, 0.717) is 18.2 Å². The number of aliphatic hydroxyl groups is 1. The van der Waals surface area contributed by atoms with Gasteiger partial charge >= 0.3 is 0 Å². The Balaban J connectivity index is 2.11. The lowest BCUT2D eigenvalue weighted by molar-refractivity contribution is 0.1000. The molecule has 21 heavy (non-hydrogen) atoms. The van der Waals surface area contributed by atoms with E-state index in [-0.39, 0.29) is 6.10 Å². The van der Waals surface area contributed by atoms with Crippen LogP contribution in [0.2, 0.25) is 0 Å². The van der Waals surface area contributed by atoms with Gasteiger partial charge in [0.1, 0.15) is 0 Å². The van der Waals surface area contributed by atoms with Crippen molar-refractivity contribution in [2.45, 2.75) is 32.0 Å². The summed E-state index contributed by atoms with van der Waals surface area (Å²) < 4.78 is 0. The summed E-state index contributed by atoms with van der Waals surface area (Å²) in [6, 6.07) is 5.95. The summed E-state index contributed by atoms with van der Waals surface area (Å²) >= 11 is 0. The van der Waals surface area contributed by atoms with Crippen molar-refractivity contribution in [3.05, 3.63) is 34.9 Å². The maximum absolute atomic E-state index is 11.2. The molecule has 1 saturated heterocycles. The topological polar surface area (TPSA) is 69.8 Å². The van der Waals surface area contributed by atoms with Crippen LogP contribution >= 0.6 is 0 Å². The second-order valence-electron chi connectivity index (χ2n) is 6.24. The molecule has 0 aromatic heterocycles. The summed E-state index contributed by atoms with van der Waals surface area (Å²) in [6.07, 6.45) is 0.566. The molecule has 3 N–H and O–H groups in total. The van der Waals surface area contributed by atoms with Gasteiger partial charge in [-0.3, -0.25) is 9.69 Å². The Morgan fingerprint density at radius 2 is 2.19 bits per heavy atom. The number of β-amino-alcohol motifs (C(OH)–C–C–N with tert-alkyl or cyclic N) is 1. The van der Waals surface area contributed by atoms with Crippen molar-refractivity contribution < 1.29 is 9.90 Å². The zero-order chi connectivity index (χ0) is 15.6. The summed E-state index contributed by atoms with van der Waals surface area (Å²) in [4.78, 5) is 15.7. The maximum atomic E-state index is 11.2. The van der Waals surface area contributed by atoms with Crippen molar-refractivity contribution in [2.75, 3.05) is 27.2 Å². The van der Waals surface area contributed by atoms with E-state index in [0.717, 1.165) is 25.1 Å². The summed E-state index contributed by atoms with van der Waals surface area (Å²) in [7, 11) is 4.10. The second-order valence-corrected chi connectivity index (χ2v) is 6.24. The first kappa shape index (κ1) is 15.9. The van der Waals surface area contributed by atoms with Crippen LogP contribution in [-0.4, -0.2) is 60.1 Å². The molecule has 0 saturated carbocycles. The predicted octanol–water partition coefficient (Wildman–Crippen LogP) is 0.591. The van der Waals surface area contributed by atoms with Crippen LogP contribution in [0.5, 0.6) is 0 Å². The largest absolute Gasteiger partial charge is 0.392 e. The highest BCUT2D eigenvalue weighted by Gasteiger charge is 2.31. The van der Waals surface area contributed by atoms with Crippen LogP contribution in [0.25, 0.3) is 0 Å². The molecule has 0 bridgehead atoms. The molecule has 0 radical (unpaired) electrons. The van der Waals surface area contributed by atoms with E-state index >= 15 is 0 Å². The lowest BCUT2D eigenvalue weighted by Crippen LogP contribution is -2.37. The van der Waals surface area contributed by atoms with Gasteiger partial charge in [-0.05, 0) is 50.7 Å². The van der Waals surface area contributed by atoms with E-state index in [4.69, 9.17) is 5.73 Å². The van der Waals surface area contributed by atoms with Crippen molar-refractivity contribution >= 4 is 5.91 Å². The molecular formula is C16H25N3O2. The van der Waals surface area contributed by atoms with E-state index in [1.54, 1.807) is 6.07 Å². The van der Waals surface area contributed by atoms with Gasteiger partial charge in [0.15, 0.2) is 0 Å². The number of nitrogens with two attached hydrogens (primary N) is 1. The number of carbonyl (C=O) groups is 1. The molecule has 1 fully saturated rings. The van der Waals surface area contributed by atoms with Crippen LogP contribution in [0, 0.1) is 6.92 Å². The van der Waals surface area contributed by atoms with Gasteiger partial charge in [-0.15, -0.1) is 0 Å². The number of aliphatic hydroxyl groups excluding tert-OH is 1. The van der Waals surface area contributed by atoms with Crippen molar-refractivity contribution in [1.29, 1.82) is 0 Å². The van der Waals surface area contributed by atoms with Gasteiger partial charge in [-0.1, -0.05) is 6.07 Å². The Morgan fingerprint density at radius 1 is 1.48 bits per heavy atom. The molecule has 116 valence electrons. The lowest BCUT2D eigenvalue weighted by atomic mass is 10.0. The number of amides is 1. The summed E-state index contributed by atoms with van der Waals surface area (Å²) in [5.41, 5.74) is 8.09. The van der Waals surface area contributed by atoms with Crippen LogP contribution in [0.15, 0.2) is 18.2 Å². The third-order valence-corrected chi connectivity index (χ3v) is 4.08. The summed E-state index contributed by atoms with van der Waals surface area (Å²) in [5.74, 6) is -0.397. The monoisotopic (exact) mass is 291 g/mol. The van der Waals surface area contributed by atoms with Crippen molar-refractivity contribution in [3.8, 4) is 0 Å². The van der Waals surface area contributed by atoms with E-state index in [9.17, 15) is 9.90 Å². The first-order valence-electron chi connectivity index (χ1n) is 7.33. The molecule has 2 atom stereocenters. The van der Waals surface area contributed by atoms with Gasteiger partial charge in [0.05, 0.1) is 6.10 Å². The van der Waals surface area contributed by atoms with Crippen molar-refractivity contribution in [1.82, 2.24) is 9.80 Å². The summed E-state index contributed by atoms with van der Waals surface area (Å²) in [5, 5.41) is 9.93. The molecule has 1 aliphatic heterocycles. The number of hydrogen-bond donors (Lipinski definition) is 2. The highest BCUT2D eigenvalue weighted by atomic mass is 16.3. The molecule has 1 heterocycles. The molecule has 1 aliphatic rings. The molecule has 5 nitrogen and oxygen atoms in total. The van der Waals surface area contributed by atoms with Crippen molar-refractivity contribution in [2.24, 2.45) is 5.73 Å². The standard InChI is InChI=1S/C16H25N3O2/c1-11-6-12(16(17)21)4-5-13(11)8-19-10-15(20)7-14(19)9-18(2)3/h4-6,14-15,20H,7-10H2,1-3H3,(H2,17,21). The fraction of sp³-hybridized carbons (Fsp3) is 0.562. The van der Waals surface area contributed by atoms with Crippen LogP contribution in [0.3, 0.4) is 0 Å². The van der Waals surface area contributed by atoms with E-state index in [1.165, 1.54) is 5.56 Å². The SMILES string of the molecule is Cc1cc(C(N)=O)ccc1CN1CC(O)CC1CN(C)C. The number of primary amides is 1.